The summed E-state index contributed by atoms with van der Waals surface area (Å²) in [5.41, 5.74) is 3.71. The number of aryl methyl sites for hydroxylation is 2. The number of halogens is 1. The van der Waals surface area contributed by atoms with Crippen molar-refractivity contribution < 1.29 is 14.0 Å². The smallest absolute Gasteiger partial charge is 0.225 e. The van der Waals surface area contributed by atoms with Crippen molar-refractivity contribution in [1.82, 2.24) is 10.2 Å². The van der Waals surface area contributed by atoms with E-state index in [-0.39, 0.29) is 29.6 Å². The Kier molecular flexibility index (Phi) is 6.12. The molecule has 1 N–H and O–H groups in total. The van der Waals surface area contributed by atoms with Crippen molar-refractivity contribution in [2.45, 2.75) is 46.2 Å². The average molecular weight is 382 g/mol. The maximum absolute atomic E-state index is 13.6. The van der Waals surface area contributed by atoms with Crippen LogP contribution >= 0.6 is 0 Å². The van der Waals surface area contributed by atoms with Crippen molar-refractivity contribution in [3.05, 3.63) is 70.5 Å². The molecule has 0 aromatic heterocycles. The number of hydrogen-bond donors (Lipinski definition) is 1. The lowest BCUT2D eigenvalue weighted by atomic mass is 9.88. The molecule has 1 aliphatic heterocycles. The van der Waals surface area contributed by atoms with Crippen LogP contribution in [0.5, 0.6) is 0 Å². The largest absolute Gasteiger partial charge is 0.352 e. The Labute approximate surface area is 165 Å². The van der Waals surface area contributed by atoms with E-state index in [1.54, 1.807) is 24.0 Å². The van der Waals surface area contributed by atoms with Crippen LogP contribution in [0.25, 0.3) is 0 Å². The van der Waals surface area contributed by atoms with E-state index in [2.05, 4.69) is 11.4 Å². The first-order valence-electron chi connectivity index (χ1n) is 9.71. The Balaban J connectivity index is 1.67. The molecule has 2 aromatic rings. The summed E-state index contributed by atoms with van der Waals surface area (Å²) in [6.45, 7) is 6.14. The number of hydrogen-bond acceptors (Lipinski definition) is 2. The molecular weight excluding hydrogens is 355 g/mol. The molecule has 2 unspecified atom stereocenters. The summed E-state index contributed by atoms with van der Waals surface area (Å²) in [4.78, 5) is 26.7. The fraction of sp³-hybridized carbons (Fsp3) is 0.391. The molecule has 148 valence electrons. The minimum atomic E-state index is -0.248. The summed E-state index contributed by atoms with van der Waals surface area (Å²) in [5.74, 6) is -0.571. The van der Waals surface area contributed by atoms with Gasteiger partial charge in [-0.15, -0.1) is 0 Å². The lowest BCUT2D eigenvalue weighted by molar-refractivity contribution is -0.137. The zero-order chi connectivity index (χ0) is 20.3. The van der Waals surface area contributed by atoms with E-state index in [1.807, 2.05) is 25.1 Å². The van der Waals surface area contributed by atoms with E-state index in [0.29, 0.717) is 31.5 Å². The molecule has 0 spiro atoms. The third kappa shape index (κ3) is 4.58. The second-order valence-electron chi connectivity index (χ2n) is 7.68. The summed E-state index contributed by atoms with van der Waals surface area (Å²) >= 11 is 0. The molecule has 28 heavy (non-hydrogen) atoms. The maximum atomic E-state index is 13.6. The summed E-state index contributed by atoms with van der Waals surface area (Å²) in [6.07, 6.45) is 1.39. The molecule has 2 amide bonds. The highest BCUT2D eigenvalue weighted by Crippen LogP contribution is 2.34. The molecule has 1 aliphatic rings. The lowest BCUT2D eigenvalue weighted by Crippen LogP contribution is -2.46. The van der Waals surface area contributed by atoms with E-state index in [4.69, 9.17) is 0 Å². The topological polar surface area (TPSA) is 49.4 Å². The van der Waals surface area contributed by atoms with E-state index >= 15 is 0 Å². The van der Waals surface area contributed by atoms with Gasteiger partial charge in [-0.25, -0.2) is 4.39 Å². The van der Waals surface area contributed by atoms with Gasteiger partial charge in [0.25, 0.3) is 0 Å². The SMILES string of the molecule is CC(=O)N1CC(C(=O)NCc2cccc(C)c2)CCC1c1ccc(F)c(C)c1. The maximum Gasteiger partial charge on any atom is 0.225 e. The van der Waals surface area contributed by atoms with Crippen molar-refractivity contribution in [1.29, 1.82) is 0 Å². The first-order valence-corrected chi connectivity index (χ1v) is 9.71. The Morgan fingerprint density at radius 2 is 1.93 bits per heavy atom. The highest BCUT2D eigenvalue weighted by Gasteiger charge is 2.34. The monoisotopic (exact) mass is 382 g/mol. The van der Waals surface area contributed by atoms with Crippen LogP contribution in [0.2, 0.25) is 0 Å². The molecule has 1 saturated heterocycles. The highest BCUT2D eigenvalue weighted by atomic mass is 19.1. The summed E-state index contributed by atoms with van der Waals surface area (Å²) in [5, 5.41) is 3.00. The zero-order valence-corrected chi connectivity index (χ0v) is 16.7. The summed E-state index contributed by atoms with van der Waals surface area (Å²) in [6, 6.07) is 12.9. The van der Waals surface area contributed by atoms with Gasteiger partial charge in [0.15, 0.2) is 0 Å². The molecule has 0 bridgehead atoms. The number of rotatable bonds is 4. The summed E-state index contributed by atoms with van der Waals surface area (Å²) in [7, 11) is 0. The molecule has 0 aliphatic carbocycles. The second-order valence-corrected chi connectivity index (χ2v) is 7.68. The van der Waals surface area contributed by atoms with Crippen molar-refractivity contribution in [3.63, 3.8) is 0 Å². The van der Waals surface area contributed by atoms with Crippen LogP contribution in [0.4, 0.5) is 4.39 Å². The van der Waals surface area contributed by atoms with E-state index < -0.39 is 0 Å². The van der Waals surface area contributed by atoms with Crippen molar-refractivity contribution in [2.24, 2.45) is 5.92 Å². The Morgan fingerprint density at radius 1 is 1.14 bits per heavy atom. The number of nitrogens with zero attached hydrogens (tertiary/aromatic N) is 1. The van der Waals surface area contributed by atoms with E-state index in [1.165, 1.54) is 13.0 Å². The van der Waals surface area contributed by atoms with Gasteiger partial charge in [-0.05, 0) is 49.4 Å². The molecule has 0 saturated carbocycles. The quantitative estimate of drug-likeness (QED) is 0.867. The molecule has 1 fully saturated rings. The number of carbonyl (C=O) groups excluding carboxylic acids is 2. The fourth-order valence-electron chi connectivity index (χ4n) is 3.91. The van der Waals surface area contributed by atoms with E-state index in [0.717, 1.165) is 16.7 Å². The highest BCUT2D eigenvalue weighted by molar-refractivity contribution is 5.81. The van der Waals surface area contributed by atoms with Gasteiger partial charge in [0.05, 0.1) is 12.0 Å². The van der Waals surface area contributed by atoms with Gasteiger partial charge < -0.3 is 10.2 Å². The summed E-state index contributed by atoms with van der Waals surface area (Å²) < 4.78 is 13.6. The van der Waals surface area contributed by atoms with Crippen LogP contribution < -0.4 is 5.32 Å². The standard InChI is InChI=1S/C23H27FN2O2/c1-15-5-4-6-18(11-15)13-25-23(28)20-8-10-22(26(14-20)17(3)27)19-7-9-21(24)16(2)12-19/h4-7,9,11-12,20,22H,8,10,13-14H2,1-3H3,(H,25,28). The predicted octanol–water partition coefficient (Wildman–Crippen LogP) is 4.06. The van der Waals surface area contributed by atoms with Gasteiger partial charge in [-0.3, -0.25) is 9.59 Å². The third-order valence-electron chi connectivity index (χ3n) is 5.47. The van der Waals surface area contributed by atoms with Gasteiger partial charge in [0, 0.05) is 20.0 Å². The van der Waals surface area contributed by atoms with Crippen LogP contribution in [0, 0.1) is 25.6 Å². The Bertz CT molecular complexity index is 881. The molecule has 0 radical (unpaired) electrons. The Hall–Kier alpha value is -2.69. The van der Waals surface area contributed by atoms with Gasteiger partial charge in [-0.1, -0.05) is 42.0 Å². The fourth-order valence-corrected chi connectivity index (χ4v) is 3.91. The predicted molar refractivity (Wildman–Crippen MR) is 107 cm³/mol. The number of nitrogens with one attached hydrogen (secondary N) is 1. The lowest BCUT2D eigenvalue weighted by Gasteiger charge is -2.39. The molecule has 2 aromatic carbocycles. The molecule has 2 atom stereocenters. The number of carbonyl (C=O) groups is 2. The molecule has 1 heterocycles. The number of amides is 2. The van der Waals surface area contributed by atoms with Crippen molar-refractivity contribution in [3.8, 4) is 0 Å². The minimum Gasteiger partial charge on any atom is -0.352 e. The van der Waals surface area contributed by atoms with Crippen molar-refractivity contribution >= 4 is 11.8 Å². The zero-order valence-electron chi connectivity index (χ0n) is 16.7. The van der Waals surface area contributed by atoms with Gasteiger partial charge >= 0.3 is 0 Å². The van der Waals surface area contributed by atoms with Gasteiger partial charge in [-0.2, -0.15) is 0 Å². The van der Waals surface area contributed by atoms with Crippen LogP contribution in [0.3, 0.4) is 0 Å². The number of piperidine rings is 1. The second kappa shape index (κ2) is 8.55. The third-order valence-corrected chi connectivity index (χ3v) is 5.47. The normalized spacial score (nSPS) is 19.4. The van der Waals surface area contributed by atoms with Crippen LogP contribution in [0.15, 0.2) is 42.5 Å². The first-order chi connectivity index (χ1) is 13.3. The number of likely N-dealkylation sites (tertiary alicyclic amines) is 1. The van der Waals surface area contributed by atoms with Gasteiger partial charge in [0.2, 0.25) is 11.8 Å². The van der Waals surface area contributed by atoms with Crippen molar-refractivity contribution in [2.75, 3.05) is 6.54 Å². The molecule has 4 nitrogen and oxygen atoms in total. The van der Waals surface area contributed by atoms with Crippen LogP contribution in [0.1, 0.15) is 48.1 Å². The average Bonchev–Trinajstić information content (AvgIpc) is 2.68. The Morgan fingerprint density at radius 3 is 2.61 bits per heavy atom. The molecule has 3 rings (SSSR count). The molecular formula is C23H27FN2O2. The number of benzene rings is 2. The minimum absolute atomic E-state index is 0.0264. The van der Waals surface area contributed by atoms with Crippen LogP contribution in [-0.2, 0) is 16.1 Å². The van der Waals surface area contributed by atoms with Gasteiger partial charge in [0.1, 0.15) is 5.82 Å². The van der Waals surface area contributed by atoms with Crippen LogP contribution in [-0.4, -0.2) is 23.3 Å². The first kappa shape index (κ1) is 20.1. The molecule has 5 heteroatoms. The van der Waals surface area contributed by atoms with E-state index in [9.17, 15) is 14.0 Å².